The van der Waals surface area contributed by atoms with Crippen molar-refractivity contribution in [1.29, 1.82) is 5.26 Å². The smallest absolute Gasteiger partial charge is 0.340 e. The Hall–Kier alpha value is -3.38. The van der Waals surface area contributed by atoms with E-state index in [0.29, 0.717) is 5.69 Å². The molecule has 0 aliphatic carbocycles. The summed E-state index contributed by atoms with van der Waals surface area (Å²) in [6.45, 7) is -0.344. The molecular formula is C20H21N3O5S. The molecule has 152 valence electrons. The summed E-state index contributed by atoms with van der Waals surface area (Å²) in [5.41, 5.74) is 0.271. The van der Waals surface area contributed by atoms with Crippen molar-refractivity contribution in [2.24, 2.45) is 0 Å². The number of nitriles is 1. The van der Waals surface area contributed by atoms with Crippen LogP contribution in [0.4, 0.5) is 5.69 Å². The average molecular weight is 415 g/mol. The summed E-state index contributed by atoms with van der Waals surface area (Å²) in [4.78, 5) is 25.5. The molecule has 2 rings (SSSR count). The minimum atomic E-state index is -4.03. The number of para-hydroxylation sites is 1. The van der Waals surface area contributed by atoms with Crippen LogP contribution in [0.3, 0.4) is 0 Å². The molecule has 9 heteroatoms. The maximum atomic E-state index is 13.0. The van der Waals surface area contributed by atoms with Gasteiger partial charge in [-0.05, 0) is 24.3 Å². The normalized spacial score (nSPS) is 10.7. The first-order valence-electron chi connectivity index (χ1n) is 8.70. The molecular weight excluding hydrogens is 394 g/mol. The zero-order valence-corrected chi connectivity index (χ0v) is 16.9. The fourth-order valence-electron chi connectivity index (χ4n) is 2.44. The van der Waals surface area contributed by atoms with Crippen molar-refractivity contribution in [2.45, 2.75) is 11.3 Å². The van der Waals surface area contributed by atoms with Crippen LogP contribution in [0.2, 0.25) is 0 Å². The van der Waals surface area contributed by atoms with Crippen molar-refractivity contribution in [2.75, 3.05) is 31.6 Å². The van der Waals surface area contributed by atoms with E-state index in [-0.39, 0.29) is 23.4 Å². The minimum Gasteiger partial charge on any atom is -0.452 e. The number of benzene rings is 2. The number of hydrogen-bond acceptors (Lipinski definition) is 6. The quantitative estimate of drug-likeness (QED) is 0.611. The highest BCUT2D eigenvalue weighted by Gasteiger charge is 2.27. The van der Waals surface area contributed by atoms with Gasteiger partial charge in [0.25, 0.3) is 15.9 Å². The molecule has 0 heterocycles. The Labute approximate surface area is 170 Å². The number of ether oxygens (including phenoxy) is 1. The summed E-state index contributed by atoms with van der Waals surface area (Å²) in [7, 11) is -1.16. The van der Waals surface area contributed by atoms with Gasteiger partial charge in [0.05, 0.1) is 23.7 Å². The molecule has 29 heavy (non-hydrogen) atoms. The SMILES string of the molecule is CN(CCC#N)C(=O)COC(=O)c1ccccc1S(=O)(=O)N(C)c1ccccc1. The van der Waals surface area contributed by atoms with Crippen LogP contribution >= 0.6 is 0 Å². The van der Waals surface area contributed by atoms with Gasteiger partial charge in [-0.15, -0.1) is 0 Å². The van der Waals surface area contributed by atoms with Crippen molar-refractivity contribution in [3.8, 4) is 6.07 Å². The number of esters is 1. The van der Waals surface area contributed by atoms with Gasteiger partial charge < -0.3 is 9.64 Å². The van der Waals surface area contributed by atoms with E-state index < -0.39 is 28.5 Å². The van der Waals surface area contributed by atoms with Gasteiger partial charge in [-0.25, -0.2) is 13.2 Å². The summed E-state index contributed by atoms with van der Waals surface area (Å²) in [6.07, 6.45) is 0.156. The highest BCUT2D eigenvalue weighted by Crippen LogP contribution is 2.24. The number of amides is 1. The molecule has 8 nitrogen and oxygen atoms in total. The number of carbonyl (C=O) groups is 2. The number of anilines is 1. The minimum absolute atomic E-state index is 0.156. The molecule has 0 aliphatic rings. The fraction of sp³-hybridized carbons (Fsp3) is 0.250. The van der Waals surface area contributed by atoms with E-state index in [1.54, 1.807) is 30.3 Å². The fourth-order valence-corrected chi connectivity index (χ4v) is 3.82. The molecule has 0 spiro atoms. The first-order chi connectivity index (χ1) is 13.8. The van der Waals surface area contributed by atoms with E-state index in [4.69, 9.17) is 10.00 Å². The van der Waals surface area contributed by atoms with Gasteiger partial charge in [0.2, 0.25) is 0 Å². The zero-order valence-electron chi connectivity index (χ0n) is 16.1. The molecule has 0 radical (unpaired) electrons. The molecule has 2 aromatic carbocycles. The van der Waals surface area contributed by atoms with Gasteiger partial charge >= 0.3 is 5.97 Å². The number of nitrogens with zero attached hydrogens (tertiary/aromatic N) is 3. The average Bonchev–Trinajstić information content (AvgIpc) is 2.75. The third-order valence-electron chi connectivity index (χ3n) is 4.18. The van der Waals surface area contributed by atoms with Crippen molar-refractivity contribution in [3.63, 3.8) is 0 Å². The molecule has 0 N–H and O–H groups in total. The molecule has 0 unspecified atom stereocenters. The second-order valence-electron chi connectivity index (χ2n) is 6.10. The van der Waals surface area contributed by atoms with Crippen LogP contribution in [0, 0.1) is 11.3 Å². The standard InChI is InChI=1S/C20H21N3O5S/c1-22(14-8-13-21)19(24)15-28-20(25)17-11-6-7-12-18(17)29(26,27)23(2)16-9-4-3-5-10-16/h3-7,9-12H,8,14-15H2,1-2H3. The second-order valence-corrected chi connectivity index (χ2v) is 8.04. The van der Waals surface area contributed by atoms with E-state index in [0.717, 1.165) is 4.31 Å². The highest BCUT2D eigenvalue weighted by atomic mass is 32.2. The third kappa shape index (κ3) is 5.33. The lowest BCUT2D eigenvalue weighted by molar-refractivity contribution is -0.133. The summed E-state index contributed by atoms with van der Waals surface area (Å²) >= 11 is 0. The first kappa shape index (κ1) is 21.9. The molecule has 0 aliphatic heterocycles. The summed E-state index contributed by atoms with van der Waals surface area (Å²) in [6, 6.07) is 16.0. The molecule has 0 saturated heterocycles. The Balaban J connectivity index is 2.21. The molecule has 0 saturated carbocycles. The molecule has 2 aromatic rings. The molecule has 1 amide bonds. The lowest BCUT2D eigenvalue weighted by atomic mass is 10.2. The van der Waals surface area contributed by atoms with E-state index in [9.17, 15) is 18.0 Å². The summed E-state index contributed by atoms with van der Waals surface area (Å²) in [5.74, 6) is -1.41. The number of likely N-dealkylation sites (N-methyl/N-ethyl adjacent to an activating group) is 1. The van der Waals surface area contributed by atoms with Gasteiger partial charge in [0.1, 0.15) is 4.90 Å². The highest BCUT2D eigenvalue weighted by molar-refractivity contribution is 7.92. The monoisotopic (exact) mass is 415 g/mol. The lowest BCUT2D eigenvalue weighted by Gasteiger charge is -2.21. The van der Waals surface area contributed by atoms with Gasteiger partial charge in [-0.2, -0.15) is 5.26 Å². The van der Waals surface area contributed by atoms with Crippen LogP contribution in [0.1, 0.15) is 16.8 Å². The first-order valence-corrected chi connectivity index (χ1v) is 10.1. The predicted octanol–water partition coefficient (Wildman–Crippen LogP) is 2.04. The van der Waals surface area contributed by atoms with Crippen LogP contribution in [-0.4, -0.2) is 52.4 Å². The third-order valence-corrected chi connectivity index (χ3v) is 6.02. The summed E-state index contributed by atoms with van der Waals surface area (Å²) in [5, 5.41) is 8.56. The maximum Gasteiger partial charge on any atom is 0.340 e. The molecule has 0 bridgehead atoms. The van der Waals surface area contributed by atoms with E-state index in [1.165, 1.54) is 43.3 Å². The van der Waals surface area contributed by atoms with Crippen LogP contribution in [-0.2, 0) is 19.6 Å². The molecule has 0 fully saturated rings. The number of rotatable bonds is 8. The van der Waals surface area contributed by atoms with E-state index in [1.807, 2.05) is 6.07 Å². The van der Waals surface area contributed by atoms with Gasteiger partial charge in [0.15, 0.2) is 6.61 Å². The maximum absolute atomic E-state index is 13.0. The molecule has 0 atom stereocenters. The Kier molecular flexibility index (Phi) is 7.33. The van der Waals surface area contributed by atoms with Crippen molar-refractivity contribution in [3.05, 3.63) is 60.2 Å². The zero-order chi connectivity index (χ0) is 21.4. The Bertz CT molecular complexity index is 1020. The Morgan fingerprint density at radius 3 is 2.31 bits per heavy atom. The van der Waals surface area contributed by atoms with Gasteiger partial charge in [-0.1, -0.05) is 30.3 Å². The topological polar surface area (TPSA) is 108 Å². The van der Waals surface area contributed by atoms with Crippen LogP contribution in [0.15, 0.2) is 59.5 Å². The predicted molar refractivity (Wildman–Crippen MR) is 107 cm³/mol. The largest absolute Gasteiger partial charge is 0.452 e. The van der Waals surface area contributed by atoms with Crippen LogP contribution in [0.5, 0.6) is 0 Å². The Morgan fingerprint density at radius 2 is 1.66 bits per heavy atom. The van der Waals surface area contributed by atoms with E-state index in [2.05, 4.69) is 0 Å². The molecule has 0 aromatic heterocycles. The number of hydrogen-bond donors (Lipinski definition) is 0. The van der Waals surface area contributed by atoms with Crippen molar-refractivity contribution in [1.82, 2.24) is 4.90 Å². The second kappa shape index (κ2) is 9.71. The van der Waals surface area contributed by atoms with Crippen LogP contribution in [0.25, 0.3) is 0 Å². The van der Waals surface area contributed by atoms with E-state index >= 15 is 0 Å². The van der Waals surface area contributed by atoms with Crippen LogP contribution < -0.4 is 4.31 Å². The summed E-state index contributed by atoms with van der Waals surface area (Å²) < 4.78 is 32.2. The van der Waals surface area contributed by atoms with Crippen molar-refractivity contribution < 1.29 is 22.7 Å². The Morgan fingerprint density at radius 1 is 1.03 bits per heavy atom. The number of carbonyl (C=O) groups excluding carboxylic acids is 2. The lowest BCUT2D eigenvalue weighted by Crippen LogP contribution is -2.32. The number of sulfonamides is 1. The van der Waals surface area contributed by atoms with Gasteiger partial charge in [-0.3, -0.25) is 9.10 Å². The van der Waals surface area contributed by atoms with Crippen molar-refractivity contribution >= 4 is 27.6 Å². The van der Waals surface area contributed by atoms with Gasteiger partial charge in [0, 0.05) is 20.6 Å².